The predicted molar refractivity (Wildman–Crippen MR) is 107 cm³/mol. The predicted octanol–water partition coefficient (Wildman–Crippen LogP) is 2.23. The molecular weight excluding hydrogens is 384 g/mol. The number of nitrogens with zero attached hydrogens (tertiary/aromatic N) is 2. The Balaban J connectivity index is 1.36. The van der Waals surface area contributed by atoms with Gasteiger partial charge in [-0.25, -0.2) is 0 Å². The molecule has 2 fully saturated rings. The summed E-state index contributed by atoms with van der Waals surface area (Å²) >= 11 is 0. The van der Waals surface area contributed by atoms with Gasteiger partial charge in [0.05, 0.1) is 44.1 Å². The average Bonchev–Trinajstić information content (AvgIpc) is 3.51. The molecule has 2 bridgehead atoms. The van der Waals surface area contributed by atoms with Gasteiger partial charge < -0.3 is 23.7 Å². The van der Waals surface area contributed by atoms with Crippen molar-refractivity contribution >= 4 is 11.8 Å². The molecule has 2 aromatic rings. The van der Waals surface area contributed by atoms with Crippen molar-refractivity contribution in [2.24, 2.45) is 11.8 Å². The molecule has 2 amide bonds. The van der Waals surface area contributed by atoms with Crippen molar-refractivity contribution in [3.05, 3.63) is 66.1 Å². The quantitative estimate of drug-likeness (QED) is 0.686. The van der Waals surface area contributed by atoms with Gasteiger partial charge in [0.15, 0.2) is 0 Å². The first-order valence-electron chi connectivity index (χ1n) is 10.1. The first-order chi connectivity index (χ1) is 14.5. The number of likely N-dealkylation sites (tertiary alicyclic amines) is 1. The topological polar surface area (TPSA) is 72.2 Å². The van der Waals surface area contributed by atoms with Gasteiger partial charge in [-0.15, -0.1) is 0 Å². The summed E-state index contributed by atoms with van der Waals surface area (Å²) in [5, 5.41) is 0. The smallest absolute Gasteiger partial charge is 0.230 e. The van der Waals surface area contributed by atoms with Crippen LogP contribution < -0.4 is 4.74 Å². The molecule has 7 heteroatoms. The lowest BCUT2D eigenvalue weighted by Crippen LogP contribution is -2.44. The van der Waals surface area contributed by atoms with Crippen LogP contribution in [0.25, 0.3) is 0 Å². The van der Waals surface area contributed by atoms with Gasteiger partial charge in [-0.05, 0) is 23.8 Å². The molecule has 0 N–H and O–H groups in total. The number of methoxy groups -OCH3 is 1. The molecule has 4 atom stereocenters. The molecule has 3 aliphatic heterocycles. The fourth-order valence-corrected chi connectivity index (χ4v) is 4.97. The molecule has 5 rings (SSSR count). The van der Waals surface area contributed by atoms with Crippen LogP contribution in [0.4, 0.5) is 0 Å². The maximum absolute atomic E-state index is 13.4. The second-order valence-corrected chi connectivity index (χ2v) is 8.27. The van der Waals surface area contributed by atoms with Crippen molar-refractivity contribution in [1.29, 1.82) is 0 Å². The molecule has 1 aromatic carbocycles. The van der Waals surface area contributed by atoms with Crippen molar-refractivity contribution in [1.82, 2.24) is 9.80 Å². The highest BCUT2D eigenvalue weighted by Gasteiger charge is 2.67. The van der Waals surface area contributed by atoms with E-state index in [1.165, 1.54) is 0 Å². The average molecular weight is 408 g/mol. The molecule has 0 radical (unpaired) electrons. The van der Waals surface area contributed by atoms with Crippen LogP contribution in [-0.2, 0) is 27.4 Å². The van der Waals surface area contributed by atoms with Crippen LogP contribution in [0.15, 0.2) is 59.4 Å². The molecule has 0 aliphatic carbocycles. The largest absolute Gasteiger partial charge is 0.497 e. The summed E-state index contributed by atoms with van der Waals surface area (Å²) < 4.78 is 16.6. The summed E-state index contributed by atoms with van der Waals surface area (Å²) in [5.74, 6) is -0.343. The number of fused-ring (bicyclic) bond motifs is 1. The van der Waals surface area contributed by atoms with E-state index in [1.807, 2.05) is 42.5 Å². The van der Waals surface area contributed by atoms with Gasteiger partial charge in [0, 0.05) is 25.7 Å². The van der Waals surface area contributed by atoms with Crippen LogP contribution in [0.2, 0.25) is 0 Å². The minimum absolute atomic E-state index is 0.0280. The van der Waals surface area contributed by atoms with Crippen LogP contribution in [0.3, 0.4) is 0 Å². The highest BCUT2D eigenvalue weighted by molar-refractivity contribution is 5.93. The Labute approximate surface area is 174 Å². The van der Waals surface area contributed by atoms with Gasteiger partial charge in [0.2, 0.25) is 11.8 Å². The molecule has 2 unspecified atom stereocenters. The number of carbonyl (C=O) groups excluding carboxylic acids is 2. The first kappa shape index (κ1) is 18.9. The molecule has 156 valence electrons. The monoisotopic (exact) mass is 408 g/mol. The van der Waals surface area contributed by atoms with E-state index in [0.717, 1.165) is 16.9 Å². The zero-order valence-corrected chi connectivity index (χ0v) is 17.0. The lowest BCUT2D eigenvalue weighted by molar-refractivity contribution is -0.142. The van der Waals surface area contributed by atoms with E-state index in [2.05, 4.69) is 0 Å². The summed E-state index contributed by atoms with van der Waals surface area (Å²) in [6.07, 6.45) is 6.78. The van der Waals surface area contributed by atoms with Crippen LogP contribution in [0.1, 0.15) is 11.1 Å². The Bertz CT molecular complexity index is 1000. The molecule has 30 heavy (non-hydrogen) atoms. The van der Waals surface area contributed by atoms with E-state index < -0.39 is 17.4 Å². The Morgan fingerprint density at radius 2 is 2.20 bits per heavy atom. The zero-order valence-electron chi connectivity index (χ0n) is 17.0. The fourth-order valence-electron chi connectivity index (χ4n) is 4.97. The van der Waals surface area contributed by atoms with E-state index >= 15 is 0 Å². The standard InChI is InChI=1S/C23H24N2O5/c1-24(11-16-7-9-29-13-16)21(26)19-18-6-8-23(30-18)14-25(22(27)20(19)23)12-15-4-3-5-17(10-15)28-2/h3-10,13,18-20H,11-12,14H2,1-2H3/t18-,19?,20?,23-/m1/s1. The molecule has 1 aromatic heterocycles. The SMILES string of the molecule is COc1cccc(CN2C[C@@]34C=C[C@@H](O3)C(C(=O)N(C)Cc3ccoc3)C4C2=O)c1. The molecule has 1 spiro atoms. The highest BCUT2D eigenvalue weighted by Crippen LogP contribution is 2.52. The van der Waals surface area contributed by atoms with E-state index in [0.29, 0.717) is 19.6 Å². The summed E-state index contributed by atoms with van der Waals surface area (Å²) in [7, 11) is 3.38. The number of amides is 2. The van der Waals surface area contributed by atoms with Gasteiger partial charge in [-0.2, -0.15) is 0 Å². The third kappa shape index (κ3) is 2.92. The second-order valence-electron chi connectivity index (χ2n) is 8.27. The van der Waals surface area contributed by atoms with Gasteiger partial charge in [-0.3, -0.25) is 9.59 Å². The van der Waals surface area contributed by atoms with Crippen molar-refractivity contribution < 1.29 is 23.5 Å². The second kappa shape index (κ2) is 7.02. The third-order valence-corrected chi connectivity index (χ3v) is 6.35. The Morgan fingerprint density at radius 1 is 1.33 bits per heavy atom. The normalized spacial score (nSPS) is 28.8. The van der Waals surface area contributed by atoms with Gasteiger partial charge in [0.1, 0.15) is 11.4 Å². The lowest BCUT2D eigenvalue weighted by Gasteiger charge is -2.27. The van der Waals surface area contributed by atoms with Crippen LogP contribution in [-0.4, -0.2) is 54.0 Å². The number of benzene rings is 1. The summed E-state index contributed by atoms with van der Waals surface area (Å²) in [5.41, 5.74) is 1.19. The van der Waals surface area contributed by atoms with Crippen molar-refractivity contribution in [3.8, 4) is 5.75 Å². The van der Waals surface area contributed by atoms with Crippen molar-refractivity contribution in [2.75, 3.05) is 20.7 Å². The Hall–Kier alpha value is -3.06. The Morgan fingerprint density at radius 3 is 2.97 bits per heavy atom. The van der Waals surface area contributed by atoms with Crippen molar-refractivity contribution in [2.45, 2.75) is 24.8 Å². The van der Waals surface area contributed by atoms with Crippen LogP contribution in [0.5, 0.6) is 5.75 Å². The number of hydrogen-bond donors (Lipinski definition) is 0. The minimum atomic E-state index is -0.711. The molecular formula is C23H24N2O5. The van der Waals surface area contributed by atoms with Crippen molar-refractivity contribution in [3.63, 3.8) is 0 Å². The zero-order chi connectivity index (χ0) is 20.9. The third-order valence-electron chi connectivity index (χ3n) is 6.35. The van der Waals surface area contributed by atoms with Crippen LogP contribution in [0, 0.1) is 11.8 Å². The first-order valence-corrected chi connectivity index (χ1v) is 10.1. The van der Waals surface area contributed by atoms with Gasteiger partial charge in [0.25, 0.3) is 0 Å². The highest BCUT2D eigenvalue weighted by atomic mass is 16.5. The van der Waals surface area contributed by atoms with Gasteiger partial charge in [-0.1, -0.05) is 24.3 Å². The number of furan rings is 1. The number of carbonyl (C=O) groups is 2. The lowest BCUT2D eigenvalue weighted by atomic mass is 9.76. The molecule has 4 heterocycles. The molecule has 7 nitrogen and oxygen atoms in total. The Kier molecular flexibility index (Phi) is 4.43. The molecule has 0 saturated carbocycles. The van der Waals surface area contributed by atoms with E-state index in [-0.39, 0.29) is 17.9 Å². The maximum atomic E-state index is 13.4. The fraction of sp³-hybridized carbons (Fsp3) is 0.391. The van der Waals surface area contributed by atoms with E-state index in [1.54, 1.807) is 36.5 Å². The summed E-state index contributed by atoms with van der Waals surface area (Å²) in [6.45, 7) is 1.35. The molecule has 2 saturated heterocycles. The maximum Gasteiger partial charge on any atom is 0.230 e. The van der Waals surface area contributed by atoms with Crippen LogP contribution >= 0.6 is 0 Å². The number of rotatable bonds is 6. The summed E-state index contributed by atoms with van der Waals surface area (Å²) in [6, 6.07) is 9.51. The van der Waals surface area contributed by atoms with E-state index in [9.17, 15) is 9.59 Å². The summed E-state index contributed by atoms with van der Waals surface area (Å²) in [4.78, 5) is 30.1. The number of ether oxygens (including phenoxy) is 2. The minimum Gasteiger partial charge on any atom is -0.497 e. The van der Waals surface area contributed by atoms with E-state index in [4.69, 9.17) is 13.9 Å². The number of hydrogen-bond acceptors (Lipinski definition) is 5. The van der Waals surface area contributed by atoms with Gasteiger partial charge >= 0.3 is 0 Å². The molecule has 3 aliphatic rings.